The zero-order valence-electron chi connectivity index (χ0n) is 10.6. The molecule has 1 rings (SSSR count). The normalized spacial score (nSPS) is 10.6. The van der Waals surface area contributed by atoms with Crippen LogP contribution in [0.25, 0.3) is 0 Å². The van der Waals surface area contributed by atoms with Crippen LogP contribution in [0.2, 0.25) is 0 Å². The van der Waals surface area contributed by atoms with E-state index in [0.29, 0.717) is 17.8 Å². The van der Waals surface area contributed by atoms with Gasteiger partial charge >= 0.3 is 0 Å². The number of thiophene rings is 1. The van der Waals surface area contributed by atoms with Crippen molar-refractivity contribution in [3.8, 4) is 11.8 Å². The Bertz CT molecular complexity index is 594. The molecule has 1 amide bonds. The molecule has 0 spiro atoms. The Balaban J connectivity index is 2.43. The lowest BCUT2D eigenvalue weighted by atomic mass is 10.4. The van der Waals surface area contributed by atoms with E-state index in [-0.39, 0.29) is 18.2 Å². The number of carbonyl (C=O) groups is 1. The van der Waals surface area contributed by atoms with Gasteiger partial charge in [-0.1, -0.05) is 11.8 Å². The van der Waals surface area contributed by atoms with E-state index in [2.05, 4.69) is 17.2 Å². The van der Waals surface area contributed by atoms with Crippen LogP contribution in [0.15, 0.2) is 12.1 Å². The molecule has 104 valence electrons. The molecule has 7 heteroatoms. The van der Waals surface area contributed by atoms with E-state index in [9.17, 15) is 13.2 Å². The minimum absolute atomic E-state index is 0.0744. The topological polar surface area (TPSA) is 89.3 Å². The third kappa shape index (κ3) is 6.38. The third-order valence-corrected chi connectivity index (χ3v) is 4.15. The van der Waals surface area contributed by atoms with Crippen LogP contribution in [0.3, 0.4) is 0 Å². The zero-order valence-corrected chi connectivity index (χ0v) is 12.2. The first-order chi connectivity index (χ1) is 8.92. The fraction of sp³-hybridized carbons (Fsp3) is 0.417. The summed E-state index contributed by atoms with van der Waals surface area (Å²) in [6, 6.07) is 3.45. The van der Waals surface area contributed by atoms with E-state index in [1.165, 1.54) is 17.6 Å². The second-order valence-corrected chi connectivity index (χ2v) is 7.25. The van der Waals surface area contributed by atoms with Crippen molar-refractivity contribution in [1.82, 2.24) is 5.32 Å². The molecule has 0 saturated carbocycles. The highest BCUT2D eigenvalue weighted by Crippen LogP contribution is 2.15. The van der Waals surface area contributed by atoms with Crippen molar-refractivity contribution >= 4 is 27.1 Å². The Morgan fingerprint density at radius 1 is 1.47 bits per heavy atom. The lowest BCUT2D eigenvalue weighted by molar-refractivity contribution is 0.0957. The van der Waals surface area contributed by atoms with Crippen molar-refractivity contribution in [2.45, 2.75) is 6.42 Å². The van der Waals surface area contributed by atoms with Crippen LogP contribution >= 0.6 is 11.3 Å². The summed E-state index contributed by atoms with van der Waals surface area (Å²) in [6.07, 6.45) is 1.59. The molecule has 3 N–H and O–H groups in total. The third-order valence-electron chi connectivity index (χ3n) is 2.12. The number of sulfone groups is 1. The highest BCUT2D eigenvalue weighted by atomic mass is 32.2. The van der Waals surface area contributed by atoms with Crippen LogP contribution in [-0.2, 0) is 9.84 Å². The van der Waals surface area contributed by atoms with Gasteiger partial charge in [0.05, 0.1) is 22.1 Å². The maximum atomic E-state index is 11.7. The van der Waals surface area contributed by atoms with Crippen molar-refractivity contribution in [3.63, 3.8) is 0 Å². The van der Waals surface area contributed by atoms with Crippen LogP contribution in [0.1, 0.15) is 21.0 Å². The van der Waals surface area contributed by atoms with Crippen LogP contribution in [-0.4, -0.2) is 39.4 Å². The van der Waals surface area contributed by atoms with Gasteiger partial charge in [-0.15, -0.1) is 11.3 Å². The molecule has 1 heterocycles. The number of amides is 1. The summed E-state index contributed by atoms with van der Waals surface area (Å²) < 4.78 is 21.8. The molecule has 0 bridgehead atoms. The molecule has 19 heavy (non-hydrogen) atoms. The fourth-order valence-corrected chi connectivity index (χ4v) is 2.75. The lowest BCUT2D eigenvalue weighted by Gasteiger charge is -2.02. The number of nitrogens with one attached hydrogen (secondary N) is 1. The highest BCUT2D eigenvalue weighted by molar-refractivity contribution is 7.90. The van der Waals surface area contributed by atoms with E-state index < -0.39 is 9.84 Å². The second-order valence-electron chi connectivity index (χ2n) is 3.91. The van der Waals surface area contributed by atoms with Crippen molar-refractivity contribution in [1.29, 1.82) is 0 Å². The van der Waals surface area contributed by atoms with Crippen molar-refractivity contribution in [2.75, 3.05) is 25.1 Å². The van der Waals surface area contributed by atoms with Gasteiger partial charge in [0.15, 0.2) is 0 Å². The van der Waals surface area contributed by atoms with Gasteiger partial charge < -0.3 is 11.1 Å². The predicted octanol–water partition coefficient (Wildman–Crippen LogP) is 0.223. The summed E-state index contributed by atoms with van der Waals surface area (Å²) >= 11 is 1.29. The summed E-state index contributed by atoms with van der Waals surface area (Å²) in [5.74, 6) is 5.43. The van der Waals surface area contributed by atoms with E-state index in [1.54, 1.807) is 12.1 Å². The van der Waals surface area contributed by atoms with Crippen molar-refractivity contribution in [2.24, 2.45) is 5.73 Å². The first-order valence-corrected chi connectivity index (χ1v) is 8.55. The summed E-state index contributed by atoms with van der Waals surface area (Å²) in [7, 11) is -2.97. The molecule has 5 nitrogen and oxygen atoms in total. The molecule has 0 aliphatic heterocycles. The van der Waals surface area contributed by atoms with Crippen LogP contribution in [0, 0.1) is 11.8 Å². The van der Waals surface area contributed by atoms with Crippen LogP contribution in [0.5, 0.6) is 0 Å². The fourth-order valence-electron chi connectivity index (χ4n) is 1.29. The summed E-state index contributed by atoms with van der Waals surface area (Å²) in [5, 5.41) is 2.68. The number of rotatable bonds is 5. The van der Waals surface area contributed by atoms with Gasteiger partial charge in [0.1, 0.15) is 9.84 Å². The molecule has 1 aromatic heterocycles. The van der Waals surface area contributed by atoms with Crippen molar-refractivity contribution < 1.29 is 13.2 Å². The van der Waals surface area contributed by atoms with Gasteiger partial charge in [-0.05, 0) is 18.6 Å². The van der Waals surface area contributed by atoms with Gasteiger partial charge in [-0.25, -0.2) is 8.42 Å². The molecule has 0 atom stereocenters. The largest absolute Gasteiger partial charge is 0.351 e. The first kappa shape index (κ1) is 15.7. The van der Waals surface area contributed by atoms with Gasteiger partial charge in [-0.2, -0.15) is 0 Å². The Kier molecular flexibility index (Phi) is 6.02. The second kappa shape index (κ2) is 7.28. The molecule has 0 aliphatic rings. The average Bonchev–Trinajstić information content (AvgIpc) is 2.79. The van der Waals surface area contributed by atoms with E-state index >= 15 is 0 Å². The number of nitrogens with two attached hydrogens (primary N) is 1. The Morgan fingerprint density at radius 3 is 2.84 bits per heavy atom. The molecular weight excluding hydrogens is 284 g/mol. The summed E-state index contributed by atoms with van der Waals surface area (Å²) in [6.45, 7) is 0.624. The standard InChI is InChI=1S/C12H16N2O3S2/c1-19(16,17)9-3-8-14-12(15)11-6-5-10(18-11)4-2-7-13/h5-6H,3,7-9,13H2,1H3,(H,14,15). The molecular formula is C12H16N2O3S2. The molecule has 0 aliphatic carbocycles. The van der Waals surface area contributed by atoms with Crippen LogP contribution in [0.4, 0.5) is 0 Å². The average molecular weight is 300 g/mol. The molecule has 1 aromatic rings. The van der Waals surface area contributed by atoms with E-state index in [0.717, 1.165) is 4.88 Å². The Morgan fingerprint density at radius 2 is 2.21 bits per heavy atom. The highest BCUT2D eigenvalue weighted by Gasteiger charge is 2.08. The van der Waals surface area contributed by atoms with E-state index in [1.807, 2.05) is 0 Å². The Labute approximate surface area is 117 Å². The minimum atomic E-state index is -2.97. The monoisotopic (exact) mass is 300 g/mol. The SMILES string of the molecule is CS(=O)(=O)CCCNC(=O)c1ccc(C#CCN)s1. The minimum Gasteiger partial charge on any atom is -0.351 e. The quantitative estimate of drug-likeness (QED) is 0.601. The first-order valence-electron chi connectivity index (χ1n) is 5.67. The van der Waals surface area contributed by atoms with Gasteiger partial charge in [0.2, 0.25) is 0 Å². The predicted molar refractivity (Wildman–Crippen MR) is 76.9 cm³/mol. The number of carbonyl (C=O) groups excluding carboxylic acids is 1. The van der Waals surface area contributed by atoms with Crippen LogP contribution < -0.4 is 11.1 Å². The maximum absolute atomic E-state index is 11.7. The maximum Gasteiger partial charge on any atom is 0.261 e. The summed E-state index contributed by atoms with van der Waals surface area (Å²) in [4.78, 5) is 13.1. The molecule has 0 aromatic carbocycles. The van der Waals surface area contributed by atoms with Crippen molar-refractivity contribution in [3.05, 3.63) is 21.9 Å². The number of hydrogen-bond acceptors (Lipinski definition) is 5. The van der Waals surface area contributed by atoms with Gasteiger partial charge in [-0.3, -0.25) is 4.79 Å². The zero-order chi connectivity index (χ0) is 14.3. The van der Waals surface area contributed by atoms with Gasteiger partial charge in [0.25, 0.3) is 5.91 Å². The Hall–Kier alpha value is -1.36. The molecule has 0 unspecified atom stereocenters. The number of hydrogen-bond donors (Lipinski definition) is 2. The van der Waals surface area contributed by atoms with Gasteiger partial charge in [0, 0.05) is 12.8 Å². The smallest absolute Gasteiger partial charge is 0.261 e. The van der Waals surface area contributed by atoms with E-state index in [4.69, 9.17) is 5.73 Å². The lowest BCUT2D eigenvalue weighted by Crippen LogP contribution is -2.25. The molecule has 0 fully saturated rings. The molecule has 0 radical (unpaired) electrons. The molecule has 0 saturated heterocycles. The summed E-state index contributed by atoms with van der Waals surface area (Å²) in [5.41, 5.74) is 5.26.